The molecule has 0 fully saturated rings. The predicted octanol–water partition coefficient (Wildman–Crippen LogP) is 2.73. The summed E-state index contributed by atoms with van der Waals surface area (Å²) < 4.78 is 10.1. The van der Waals surface area contributed by atoms with E-state index < -0.39 is 5.97 Å². The number of methoxy groups -OCH3 is 1. The van der Waals surface area contributed by atoms with E-state index in [2.05, 4.69) is 4.99 Å². The maximum Gasteiger partial charge on any atom is 0.363 e. The van der Waals surface area contributed by atoms with Gasteiger partial charge in [-0.15, -0.1) is 11.8 Å². The van der Waals surface area contributed by atoms with Gasteiger partial charge in [-0.25, -0.2) is 9.79 Å². The van der Waals surface area contributed by atoms with Crippen molar-refractivity contribution < 1.29 is 14.3 Å². The van der Waals surface area contributed by atoms with Crippen LogP contribution < -0.4 is 4.74 Å². The number of benzene rings is 1. The molecular weight excluding hydrogens is 250 g/mol. The molecule has 0 saturated heterocycles. The van der Waals surface area contributed by atoms with Crippen LogP contribution in [0.3, 0.4) is 0 Å². The Morgan fingerprint density at radius 2 is 2.22 bits per heavy atom. The van der Waals surface area contributed by atoms with Gasteiger partial charge in [0.1, 0.15) is 5.75 Å². The van der Waals surface area contributed by atoms with Gasteiger partial charge in [0.05, 0.1) is 7.11 Å². The number of hydrogen-bond donors (Lipinski definition) is 0. The summed E-state index contributed by atoms with van der Waals surface area (Å²) in [6, 6.07) is 5.74. The molecule has 5 heteroatoms. The van der Waals surface area contributed by atoms with Gasteiger partial charge in [-0.3, -0.25) is 0 Å². The standard InChI is InChI=1S/C13H13NO3S/c1-8-14-10(13(15)17-8)6-9-4-5-12(18-3)11(7-9)16-2/h4-7H,1-3H3/b10-6+. The topological polar surface area (TPSA) is 47.9 Å². The number of ether oxygens (including phenoxy) is 2. The Labute approximate surface area is 110 Å². The van der Waals surface area contributed by atoms with Gasteiger partial charge in [-0.2, -0.15) is 0 Å². The van der Waals surface area contributed by atoms with E-state index in [0.29, 0.717) is 11.6 Å². The number of hydrogen-bond acceptors (Lipinski definition) is 5. The highest BCUT2D eigenvalue weighted by Gasteiger charge is 2.19. The summed E-state index contributed by atoms with van der Waals surface area (Å²) in [5.41, 5.74) is 1.17. The van der Waals surface area contributed by atoms with E-state index in [1.54, 1.807) is 31.9 Å². The van der Waals surface area contributed by atoms with Gasteiger partial charge in [-0.05, 0) is 30.0 Å². The molecule has 4 nitrogen and oxygen atoms in total. The molecule has 0 radical (unpaired) electrons. The first kappa shape index (κ1) is 12.7. The van der Waals surface area contributed by atoms with Crippen LogP contribution in [0.15, 0.2) is 33.8 Å². The molecule has 0 atom stereocenters. The predicted molar refractivity (Wildman–Crippen MR) is 72.0 cm³/mol. The summed E-state index contributed by atoms with van der Waals surface area (Å²) in [5.74, 6) is 0.739. The molecular formula is C13H13NO3S. The molecule has 1 aliphatic heterocycles. The second-order valence-electron chi connectivity index (χ2n) is 3.66. The molecule has 1 aromatic carbocycles. The highest BCUT2D eigenvalue weighted by molar-refractivity contribution is 7.98. The van der Waals surface area contributed by atoms with Crippen molar-refractivity contribution in [1.82, 2.24) is 0 Å². The normalized spacial score (nSPS) is 16.7. The maximum absolute atomic E-state index is 11.4. The van der Waals surface area contributed by atoms with Crippen molar-refractivity contribution in [3.05, 3.63) is 29.5 Å². The van der Waals surface area contributed by atoms with E-state index >= 15 is 0 Å². The van der Waals surface area contributed by atoms with Gasteiger partial charge in [0.25, 0.3) is 0 Å². The van der Waals surface area contributed by atoms with Crippen LogP contribution in [-0.4, -0.2) is 25.2 Å². The van der Waals surface area contributed by atoms with E-state index in [1.165, 1.54) is 0 Å². The molecule has 0 aromatic heterocycles. The van der Waals surface area contributed by atoms with Gasteiger partial charge >= 0.3 is 5.97 Å². The Balaban J connectivity index is 2.35. The molecule has 1 heterocycles. The van der Waals surface area contributed by atoms with Crippen molar-refractivity contribution >= 4 is 29.7 Å². The third kappa shape index (κ3) is 2.56. The van der Waals surface area contributed by atoms with Crippen LogP contribution in [0.4, 0.5) is 0 Å². The van der Waals surface area contributed by atoms with Crippen LogP contribution in [0.5, 0.6) is 5.75 Å². The van der Waals surface area contributed by atoms with E-state index in [-0.39, 0.29) is 0 Å². The zero-order chi connectivity index (χ0) is 13.1. The highest BCUT2D eigenvalue weighted by Crippen LogP contribution is 2.29. The first-order valence-corrected chi connectivity index (χ1v) is 6.57. The molecule has 0 aliphatic carbocycles. The molecule has 2 rings (SSSR count). The van der Waals surface area contributed by atoms with Crippen molar-refractivity contribution in [2.75, 3.05) is 13.4 Å². The number of rotatable bonds is 3. The monoisotopic (exact) mass is 263 g/mol. The maximum atomic E-state index is 11.4. The first-order valence-electron chi connectivity index (χ1n) is 5.35. The number of cyclic esters (lactones) is 1. The lowest BCUT2D eigenvalue weighted by molar-refractivity contribution is -0.130. The van der Waals surface area contributed by atoms with Crippen LogP contribution in [0.2, 0.25) is 0 Å². The van der Waals surface area contributed by atoms with Crippen molar-refractivity contribution in [2.24, 2.45) is 4.99 Å². The van der Waals surface area contributed by atoms with Gasteiger partial charge in [0, 0.05) is 11.8 Å². The van der Waals surface area contributed by atoms with Crippen LogP contribution >= 0.6 is 11.8 Å². The molecule has 0 amide bonds. The lowest BCUT2D eigenvalue weighted by Gasteiger charge is -2.06. The molecule has 18 heavy (non-hydrogen) atoms. The third-order valence-electron chi connectivity index (χ3n) is 2.44. The Hall–Kier alpha value is -1.75. The Kier molecular flexibility index (Phi) is 3.72. The molecule has 0 N–H and O–H groups in total. The zero-order valence-corrected chi connectivity index (χ0v) is 11.2. The van der Waals surface area contributed by atoms with Crippen LogP contribution in [0.25, 0.3) is 6.08 Å². The van der Waals surface area contributed by atoms with Crippen molar-refractivity contribution in [3.8, 4) is 5.75 Å². The molecule has 0 unspecified atom stereocenters. The van der Waals surface area contributed by atoms with Gasteiger partial charge in [-0.1, -0.05) is 6.07 Å². The van der Waals surface area contributed by atoms with Gasteiger partial charge in [0.2, 0.25) is 0 Å². The summed E-state index contributed by atoms with van der Waals surface area (Å²) in [7, 11) is 1.62. The SMILES string of the molecule is COc1cc(/C=C2/N=C(C)OC2=O)ccc1SC. The largest absolute Gasteiger partial charge is 0.496 e. The number of thioether (sulfide) groups is 1. The quantitative estimate of drug-likeness (QED) is 0.478. The third-order valence-corrected chi connectivity index (χ3v) is 3.22. The minimum absolute atomic E-state index is 0.312. The van der Waals surface area contributed by atoms with Crippen molar-refractivity contribution in [1.29, 1.82) is 0 Å². The minimum atomic E-state index is -0.416. The fourth-order valence-corrected chi connectivity index (χ4v) is 2.16. The zero-order valence-electron chi connectivity index (χ0n) is 10.4. The number of carbonyl (C=O) groups is 1. The van der Waals surface area contributed by atoms with Crippen LogP contribution in [0, 0.1) is 0 Å². The molecule has 1 aliphatic rings. The minimum Gasteiger partial charge on any atom is -0.496 e. The van der Waals surface area contributed by atoms with Crippen molar-refractivity contribution in [3.63, 3.8) is 0 Å². The molecule has 94 valence electrons. The second kappa shape index (κ2) is 5.27. The Bertz CT molecular complexity index is 549. The lowest BCUT2D eigenvalue weighted by Crippen LogP contribution is -1.99. The smallest absolute Gasteiger partial charge is 0.363 e. The summed E-state index contributed by atoms with van der Waals surface area (Å²) in [6.45, 7) is 1.65. The summed E-state index contributed by atoms with van der Waals surface area (Å²) in [6.07, 6.45) is 3.67. The number of carbonyl (C=O) groups excluding carboxylic acids is 1. The molecule has 0 spiro atoms. The number of nitrogens with zero attached hydrogens (tertiary/aromatic N) is 1. The number of esters is 1. The molecule has 0 saturated carbocycles. The van der Waals surface area contributed by atoms with E-state index in [4.69, 9.17) is 9.47 Å². The fraction of sp³-hybridized carbons (Fsp3) is 0.231. The summed E-state index contributed by atoms with van der Waals surface area (Å²) in [4.78, 5) is 16.5. The van der Waals surface area contributed by atoms with Crippen LogP contribution in [-0.2, 0) is 9.53 Å². The average Bonchev–Trinajstić information content (AvgIpc) is 2.67. The Morgan fingerprint density at radius 1 is 1.44 bits per heavy atom. The van der Waals surface area contributed by atoms with Crippen LogP contribution in [0.1, 0.15) is 12.5 Å². The lowest BCUT2D eigenvalue weighted by atomic mass is 10.2. The fourth-order valence-electron chi connectivity index (χ4n) is 1.62. The first-order chi connectivity index (χ1) is 8.63. The summed E-state index contributed by atoms with van der Waals surface area (Å²) >= 11 is 1.61. The van der Waals surface area contributed by atoms with Crippen molar-refractivity contribution in [2.45, 2.75) is 11.8 Å². The Morgan fingerprint density at radius 3 is 2.78 bits per heavy atom. The number of aliphatic imine (C=N–C) groups is 1. The van der Waals surface area contributed by atoms with E-state index in [1.807, 2.05) is 24.5 Å². The van der Waals surface area contributed by atoms with E-state index in [9.17, 15) is 4.79 Å². The highest BCUT2D eigenvalue weighted by atomic mass is 32.2. The molecule has 1 aromatic rings. The second-order valence-corrected chi connectivity index (χ2v) is 4.51. The van der Waals surface area contributed by atoms with E-state index in [0.717, 1.165) is 16.2 Å². The molecule has 0 bridgehead atoms. The average molecular weight is 263 g/mol. The van der Waals surface area contributed by atoms with Gasteiger partial charge < -0.3 is 9.47 Å². The summed E-state index contributed by atoms with van der Waals surface area (Å²) in [5, 5.41) is 0. The van der Waals surface area contributed by atoms with Gasteiger partial charge in [0.15, 0.2) is 11.6 Å².